The molecule has 68 valence electrons. The van der Waals surface area contributed by atoms with Gasteiger partial charge < -0.3 is 11.1 Å². The van der Waals surface area contributed by atoms with Crippen LogP contribution in [0.25, 0.3) is 0 Å². The van der Waals surface area contributed by atoms with Gasteiger partial charge in [-0.3, -0.25) is 4.79 Å². The van der Waals surface area contributed by atoms with E-state index in [2.05, 4.69) is 5.32 Å². The quantitative estimate of drug-likeness (QED) is 0.681. The van der Waals surface area contributed by atoms with Gasteiger partial charge in [-0.1, -0.05) is 0 Å². The molecule has 0 aliphatic carbocycles. The summed E-state index contributed by atoms with van der Waals surface area (Å²) in [5, 5.41) is 2.84. The van der Waals surface area contributed by atoms with Crippen LogP contribution in [0, 0.1) is 0 Å². The molecule has 0 bridgehead atoms. The molecule has 0 spiro atoms. The second kappa shape index (κ2) is 6.70. The molecule has 0 radical (unpaired) electrons. The van der Waals surface area contributed by atoms with E-state index in [1.165, 1.54) is 0 Å². The van der Waals surface area contributed by atoms with E-state index in [0.717, 1.165) is 12.8 Å². The normalized spacial score (nSPS) is 21.5. The summed E-state index contributed by atoms with van der Waals surface area (Å²) in [6.45, 7) is 0.672. The van der Waals surface area contributed by atoms with E-state index >= 15 is 0 Å². The Labute approximate surface area is 78.9 Å². The van der Waals surface area contributed by atoms with Gasteiger partial charge in [0.15, 0.2) is 0 Å². The fraction of sp³-hybridized carbons (Fsp3) is 0.833. The first-order valence-electron chi connectivity index (χ1n) is 3.32. The Hall–Kier alpha value is 0.01000. The molecule has 1 heterocycles. The third-order valence-corrected chi connectivity index (χ3v) is 1.60. The van der Waals surface area contributed by atoms with Gasteiger partial charge in [0.2, 0.25) is 5.91 Å². The van der Waals surface area contributed by atoms with Crippen molar-refractivity contribution in [3.8, 4) is 0 Å². The zero-order valence-corrected chi connectivity index (χ0v) is 7.84. The summed E-state index contributed by atoms with van der Waals surface area (Å²) in [7, 11) is 0. The van der Waals surface area contributed by atoms with E-state index in [1.807, 2.05) is 0 Å². The highest BCUT2D eigenvalue weighted by Gasteiger charge is 2.18. The number of nitrogens with two attached hydrogens (primary N) is 1. The topological polar surface area (TPSA) is 55.1 Å². The fourth-order valence-corrected chi connectivity index (χ4v) is 1.10. The van der Waals surface area contributed by atoms with Gasteiger partial charge in [-0.2, -0.15) is 0 Å². The van der Waals surface area contributed by atoms with Crippen molar-refractivity contribution in [3.05, 3.63) is 0 Å². The summed E-state index contributed by atoms with van der Waals surface area (Å²) in [5.74, 6) is 0.174. The largest absolute Gasteiger partial charge is 0.353 e. The molecular weight excluding hydrogens is 187 g/mol. The van der Waals surface area contributed by atoms with Crippen molar-refractivity contribution in [2.75, 3.05) is 6.54 Å². The summed E-state index contributed by atoms with van der Waals surface area (Å²) in [6, 6.07) is 0.363. The molecule has 1 unspecified atom stereocenters. The van der Waals surface area contributed by atoms with Gasteiger partial charge in [0.1, 0.15) is 0 Å². The van der Waals surface area contributed by atoms with Crippen LogP contribution >= 0.6 is 24.8 Å². The number of carbonyl (C=O) groups excluding carboxylic acids is 1. The summed E-state index contributed by atoms with van der Waals surface area (Å²) in [6.07, 6.45) is 2.58. The van der Waals surface area contributed by atoms with Crippen LogP contribution in [-0.2, 0) is 4.79 Å². The molecule has 5 heteroatoms. The lowest BCUT2D eigenvalue weighted by Crippen LogP contribution is -2.27. The maximum atomic E-state index is 10.6. The predicted octanol–water partition coefficient (Wildman–Crippen LogP) is 0.457. The average molecular weight is 201 g/mol. The Kier molecular flexibility index (Phi) is 8.28. The van der Waals surface area contributed by atoms with Crippen molar-refractivity contribution in [3.63, 3.8) is 0 Å². The summed E-state index contributed by atoms with van der Waals surface area (Å²) in [5.41, 5.74) is 5.30. The van der Waals surface area contributed by atoms with Crippen LogP contribution in [0.2, 0.25) is 0 Å². The number of halogens is 2. The van der Waals surface area contributed by atoms with Gasteiger partial charge in [0.25, 0.3) is 0 Å². The van der Waals surface area contributed by atoms with Crippen molar-refractivity contribution in [2.24, 2.45) is 5.73 Å². The highest BCUT2D eigenvalue weighted by atomic mass is 35.5. The Morgan fingerprint density at radius 1 is 1.55 bits per heavy atom. The van der Waals surface area contributed by atoms with Gasteiger partial charge in [-0.25, -0.2) is 0 Å². The Morgan fingerprint density at radius 2 is 2.18 bits per heavy atom. The summed E-state index contributed by atoms with van der Waals surface area (Å²) in [4.78, 5) is 10.6. The monoisotopic (exact) mass is 200 g/mol. The minimum absolute atomic E-state index is 0. The molecular formula is C6H14Cl2N2O. The van der Waals surface area contributed by atoms with E-state index < -0.39 is 0 Å². The molecule has 1 saturated heterocycles. The maximum Gasteiger partial charge on any atom is 0.220 e. The molecule has 1 rings (SSSR count). The lowest BCUT2D eigenvalue weighted by molar-refractivity contribution is -0.119. The lowest BCUT2D eigenvalue weighted by atomic mass is 10.2. The van der Waals surface area contributed by atoms with Crippen LogP contribution in [0.15, 0.2) is 0 Å². The Bertz CT molecular complexity index is 121. The van der Waals surface area contributed by atoms with Crippen LogP contribution in [0.5, 0.6) is 0 Å². The molecule has 0 aromatic heterocycles. The molecule has 1 fully saturated rings. The summed E-state index contributed by atoms with van der Waals surface area (Å²) >= 11 is 0. The zero-order chi connectivity index (χ0) is 6.69. The number of amides is 1. The lowest BCUT2D eigenvalue weighted by Gasteiger charge is -2.05. The van der Waals surface area contributed by atoms with Crippen LogP contribution < -0.4 is 11.1 Å². The number of rotatable bonds is 2. The highest BCUT2D eigenvalue weighted by molar-refractivity contribution is 5.85. The highest BCUT2D eigenvalue weighted by Crippen LogP contribution is 2.08. The van der Waals surface area contributed by atoms with Crippen LogP contribution in [0.1, 0.15) is 19.3 Å². The van der Waals surface area contributed by atoms with Crippen LogP contribution in [0.3, 0.4) is 0 Å². The molecule has 0 aromatic rings. The average Bonchev–Trinajstić information content (AvgIpc) is 2.17. The van der Waals surface area contributed by atoms with Gasteiger partial charge >= 0.3 is 0 Å². The smallest absolute Gasteiger partial charge is 0.220 e. The van der Waals surface area contributed by atoms with E-state index in [9.17, 15) is 4.79 Å². The second-order valence-corrected chi connectivity index (χ2v) is 2.38. The minimum Gasteiger partial charge on any atom is -0.353 e. The standard InChI is InChI=1S/C6H12N2O.2ClH/c7-4-3-5-1-2-6(9)8-5;;/h5H,1-4,7H2,(H,8,9);2*1H. The van der Waals surface area contributed by atoms with E-state index in [0.29, 0.717) is 19.0 Å². The zero-order valence-electron chi connectivity index (χ0n) is 6.21. The number of hydrogen-bond donors (Lipinski definition) is 2. The molecule has 1 atom stereocenters. The molecule has 3 N–H and O–H groups in total. The Balaban J connectivity index is 0. The Morgan fingerprint density at radius 3 is 2.55 bits per heavy atom. The van der Waals surface area contributed by atoms with E-state index in [4.69, 9.17) is 5.73 Å². The van der Waals surface area contributed by atoms with Gasteiger partial charge in [0, 0.05) is 12.5 Å². The number of carbonyl (C=O) groups is 1. The van der Waals surface area contributed by atoms with Crippen molar-refractivity contribution in [1.82, 2.24) is 5.32 Å². The summed E-state index contributed by atoms with van der Waals surface area (Å²) < 4.78 is 0. The molecule has 0 saturated carbocycles. The second-order valence-electron chi connectivity index (χ2n) is 2.38. The molecule has 0 aromatic carbocycles. The van der Waals surface area contributed by atoms with Crippen molar-refractivity contribution in [2.45, 2.75) is 25.3 Å². The third-order valence-electron chi connectivity index (χ3n) is 1.60. The molecule has 11 heavy (non-hydrogen) atoms. The first-order valence-corrected chi connectivity index (χ1v) is 3.32. The SMILES string of the molecule is Cl.Cl.NCCC1CCC(=O)N1. The molecule has 1 aliphatic rings. The maximum absolute atomic E-state index is 10.6. The number of hydrogen-bond acceptors (Lipinski definition) is 2. The van der Waals surface area contributed by atoms with Gasteiger partial charge in [0.05, 0.1) is 0 Å². The van der Waals surface area contributed by atoms with Crippen molar-refractivity contribution >= 4 is 30.7 Å². The van der Waals surface area contributed by atoms with Gasteiger partial charge in [-0.15, -0.1) is 24.8 Å². The third kappa shape index (κ3) is 4.45. The van der Waals surface area contributed by atoms with Crippen molar-refractivity contribution in [1.29, 1.82) is 0 Å². The van der Waals surface area contributed by atoms with Crippen LogP contribution in [0.4, 0.5) is 0 Å². The minimum atomic E-state index is 0. The van der Waals surface area contributed by atoms with Crippen LogP contribution in [-0.4, -0.2) is 18.5 Å². The molecule has 1 aliphatic heterocycles. The van der Waals surface area contributed by atoms with E-state index in [-0.39, 0.29) is 30.7 Å². The first-order chi connectivity index (χ1) is 4.33. The van der Waals surface area contributed by atoms with Gasteiger partial charge in [-0.05, 0) is 19.4 Å². The fourth-order valence-electron chi connectivity index (χ4n) is 1.10. The number of nitrogens with one attached hydrogen (secondary N) is 1. The molecule has 3 nitrogen and oxygen atoms in total. The molecule has 1 amide bonds. The predicted molar refractivity (Wildman–Crippen MR) is 49.3 cm³/mol. The first kappa shape index (κ1) is 13.6. The van der Waals surface area contributed by atoms with Crippen molar-refractivity contribution < 1.29 is 4.79 Å². The van der Waals surface area contributed by atoms with E-state index in [1.54, 1.807) is 0 Å².